The van der Waals surface area contributed by atoms with Crippen molar-refractivity contribution in [3.63, 3.8) is 0 Å². The van der Waals surface area contributed by atoms with E-state index >= 15 is 0 Å². The maximum absolute atomic E-state index is 11.9. The van der Waals surface area contributed by atoms with E-state index in [1.54, 1.807) is 0 Å². The van der Waals surface area contributed by atoms with E-state index in [1.165, 1.54) is 36.4 Å². The van der Waals surface area contributed by atoms with Crippen molar-refractivity contribution in [2.45, 2.75) is 0 Å². The van der Waals surface area contributed by atoms with Gasteiger partial charge in [0.1, 0.15) is 5.02 Å². The van der Waals surface area contributed by atoms with Crippen LogP contribution in [0.15, 0.2) is 42.5 Å². The van der Waals surface area contributed by atoms with Gasteiger partial charge in [0.2, 0.25) is 5.91 Å². The fourth-order valence-corrected chi connectivity index (χ4v) is 2.10. The first-order chi connectivity index (χ1) is 12.3. The summed E-state index contributed by atoms with van der Waals surface area (Å²) in [4.78, 5) is 44.7. The highest BCUT2D eigenvalue weighted by Crippen LogP contribution is 2.25. The number of hydrogen-bond donors (Lipinski definition) is 2. The molecule has 2 rings (SSSR count). The third kappa shape index (κ3) is 4.77. The second-order valence-electron chi connectivity index (χ2n) is 4.99. The molecule has 2 aromatic carbocycles. The maximum Gasteiger partial charge on any atom is 0.338 e. The van der Waals surface area contributed by atoms with Gasteiger partial charge in [0.25, 0.3) is 11.6 Å². The smallest absolute Gasteiger partial charge is 0.338 e. The molecule has 0 fully saturated rings. The first-order valence-electron chi connectivity index (χ1n) is 7.08. The van der Waals surface area contributed by atoms with Crippen LogP contribution < -0.4 is 11.1 Å². The lowest BCUT2D eigenvalue weighted by molar-refractivity contribution is -0.384. The van der Waals surface area contributed by atoms with E-state index in [0.717, 1.165) is 6.07 Å². The van der Waals surface area contributed by atoms with E-state index in [0.29, 0.717) is 5.69 Å². The van der Waals surface area contributed by atoms with Crippen LogP contribution in [0.4, 0.5) is 11.4 Å². The summed E-state index contributed by atoms with van der Waals surface area (Å²) in [6.07, 6.45) is 0. The van der Waals surface area contributed by atoms with E-state index in [-0.39, 0.29) is 16.1 Å². The van der Waals surface area contributed by atoms with Crippen LogP contribution >= 0.6 is 11.6 Å². The Morgan fingerprint density at radius 1 is 1.12 bits per heavy atom. The summed E-state index contributed by atoms with van der Waals surface area (Å²) in [5, 5.41) is 13.1. The Morgan fingerprint density at radius 2 is 1.73 bits per heavy atom. The van der Waals surface area contributed by atoms with Gasteiger partial charge >= 0.3 is 5.97 Å². The highest BCUT2D eigenvalue weighted by atomic mass is 35.5. The van der Waals surface area contributed by atoms with Gasteiger partial charge in [-0.1, -0.05) is 11.6 Å². The van der Waals surface area contributed by atoms with Crippen molar-refractivity contribution < 1.29 is 24.0 Å². The van der Waals surface area contributed by atoms with Crippen molar-refractivity contribution in [3.05, 3.63) is 68.7 Å². The zero-order valence-electron chi connectivity index (χ0n) is 13.1. The summed E-state index contributed by atoms with van der Waals surface area (Å²) in [6.45, 7) is -0.604. The van der Waals surface area contributed by atoms with Crippen molar-refractivity contribution in [2.24, 2.45) is 5.73 Å². The monoisotopic (exact) mass is 377 g/mol. The van der Waals surface area contributed by atoms with Gasteiger partial charge in [-0.15, -0.1) is 0 Å². The molecule has 0 heterocycles. The normalized spacial score (nSPS) is 10.0. The zero-order valence-corrected chi connectivity index (χ0v) is 13.9. The largest absolute Gasteiger partial charge is 0.452 e. The highest BCUT2D eigenvalue weighted by Gasteiger charge is 2.18. The number of rotatable bonds is 6. The molecule has 10 heteroatoms. The van der Waals surface area contributed by atoms with E-state index < -0.39 is 35.0 Å². The number of nitrogens with one attached hydrogen (secondary N) is 1. The van der Waals surface area contributed by atoms with Gasteiger partial charge < -0.3 is 15.8 Å². The van der Waals surface area contributed by atoms with Gasteiger partial charge in [0.15, 0.2) is 6.61 Å². The lowest BCUT2D eigenvalue weighted by Gasteiger charge is -2.07. The number of halogens is 1. The first-order valence-corrected chi connectivity index (χ1v) is 7.46. The minimum absolute atomic E-state index is 0.111. The third-order valence-corrected chi connectivity index (χ3v) is 3.49. The molecule has 2 amide bonds. The van der Waals surface area contributed by atoms with Crippen molar-refractivity contribution >= 4 is 40.8 Å². The standard InChI is InChI=1S/C16H12ClN3O6/c17-12-6-3-10(7-13(12)20(24)25)16(23)26-8-14(21)19-11-4-1-9(2-5-11)15(18)22/h1-7H,8H2,(H2,18,22)(H,19,21). The molecule has 0 aliphatic heterocycles. The number of carbonyl (C=O) groups excluding carboxylic acids is 3. The minimum atomic E-state index is -0.913. The molecular formula is C16H12ClN3O6. The van der Waals surface area contributed by atoms with Gasteiger partial charge in [-0.25, -0.2) is 4.79 Å². The Balaban J connectivity index is 1.94. The van der Waals surface area contributed by atoms with Crippen LogP contribution in [0.2, 0.25) is 5.02 Å². The number of hydrogen-bond acceptors (Lipinski definition) is 6. The lowest BCUT2D eigenvalue weighted by atomic mass is 10.2. The number of nitro benzene ring substituents is 1. The average Bonchev–Trinajstić information content (AvgIpc) is 2.60. The Morgan fingerprint density at radius 3 is 2.31 bits per heavy atom. The quantitative estimate of drug-likeness (QED) is 0.448. The van der Waals surface area contributed by atoms with Crippen molar-refractivity contribution in [2.75, 3.05) is 11.9 Å². The van der Waals surface area contributed by atoms with Gasteiger partial charge in [0.05, 0.1) is 10.5 Å². The van der Waals surface area contributed by atoms with Gasteiger partial charge in [-0.2, -0.15) is 0 Å². The topological polar surface area (TPSA) is 142 Å². The highest BCUT2D eigenvalue weighted by molar-refractivity contribution is 6.32. The number of benzene rings is 2. The van der Waals surface area contributed by atoms with Crippen molar-refractivity contribution in [1.82, 2.24) is 0 Å². The van der Waals surface area contributed by atoms with Crippen LogP contribution in [-0.2, 0) is 9.53 Å². The summed E-state index contributed by atoms with van der Waals surface area (Å²) in [6, 6.07) is 9.18. The predicted octanol–water partition coefficient (Wildman–Crippen LogP) is 2.14. The third-order valence-electron chi connectivity index (χ3n) is 3.17. The number of primary amides is 1. The van der Waals surface area contributed by atoms with E-state index in [9.17, 15) is 24.5 Å². The van der Waals surface area contributed by atoms with E-state index in [4.69, 9.17) is 22.1 Å². The molecule has 0 aliphatic carbocycles. The van der Waals surface area contributed by atoms with Crippen LogP contribution in [0.3, 0.4) is 0 Å². The average molecular weight is 378 g/mol. The molecule has 3 N–H and O–H groups in total. The number of carbonyl (C=O) groups is 3. The number of anilines is 1. The molecule has 0 unspecified atom stereocenters. The predicted molar refractivity (Wildman–Crippen MR) is 92.0 cm³/mol. The van der Waals surface area contributed by atoms with Crippen LogP contribution in [0, 0.1) is 10.1 Å². The van der Waals surface area contributed by atoms with E-state index in [1.807, 2.05) is 0 Å². The van der Waals surface area contributed by atoms with Gasteiger partial charge in [-0.3, -0.25) is 19.7 Å². The molecule has 0 aromatic heterocycles. The summed E-state index contributed by atoms with van der Waals surface area (Å²) in [5.41, 5.74) is 5.20. The molecule has 0 aliphatic rings. The summed E-state index contributed by atoms with van der Waals surface area (Å²) < 4.78 is 4.81. The molecule has 0 spiro atoms. The maximum atomic E-state index is 11.9. The molecule has 0 saturated carbocycles. The first kappa shape index (κ1) is 18.9. The van der Waals surface area contributed by atoms with Crippen LogP contribution in [0.1, 0.15) is 20.7 Å². The molecule has 0 radical (unpaired) electrons. The number of esters is 1. The SMILES string of the molecule is NC(=O)c1ccc(NC(=O)COC(=O)c2ccc(Cl)c([N+](=O)[O-])c2)cc1. The Kier molecular flexibility index (Phi) is 5.86. The van der Waals surface area contributed by atoms with E-state index in [2.05, 4.69) is 5.32 Å². The molecular weight excluding hydrogens is 366 g/mol. The number of ether oxygens (including phenoxy) is 1. The molecule has 9 nitrogen and oxygen atoms in total. The Hall–Kier alpha value is -3.46. The molecule has 0 bridgehead atoms. The van der Waals surface area contributed by atoms with Crippen LogP contribution in [0.25, 0.3) is 0 Å². The molecule has 134 valence electrons. The number of nitro groups is 1. The number of amides is 2. The van der Waals surface area contributed by atoms with Crippen LogP contribution in [0.5, 0.6) is 0 Å². The molecule has 26 heavy (non-hydrogen) atoms. The van der Waals surface area contributed by atoms with Crippen LogP contribution in [-0.4, -0.2) is 29.3 Å². The Bertz CT molecular complexity index is 882. The summed E-state index contributed by atoms with van der Waals surface area (Å²) in [5.74, 6) is -2.15. The number of nitrogens with two attached hydrogens (primary N) is 1. The fourth-order valence-electron chi connectivity index (χ4n) is 1.91. The zero-order chi connectivity index (χ0) is 19.3. The van der Waals surface area contributed by atoms with Gasteiger partial charge in [0, 0.05) is 17.3 Å². The van der Waals surface area contributed by atoms with Crippen molar-refractivity contribution in [1.29, 1.82) is 0 Å². The molecule has 0 atom stereocenters. The summed E-state index contributed by atoms with van der Waals surface area (Å²) in [7, 11) is 0. The second-order valence-corrected chi connectivity index (χ2v) is 5.40. The number of nitrogens with zero attached hydrogens (tertiary/aromatic N) is 1. The fraction of sp³-hybridized carbons (Fsp3) is 0.0625. The minimum Gasteiger partial charge on any atom is -0.452 e. The molecule has 0 saturated heterocycles. The Labute approximate surface area is 151 Å². The summed E-state index contributed by atoms with van der Waals surface area (Å²) >= 11 is 5.66. The second kappa shape index (κ2) is 8.08. The van der Waals surface area contributed by atoms with Crippen molar-refractivity contribution in [3.8, 4) is 0 Å². The molecule has 2 aromatic rings. The van der Waals surface area contributed by atoms with Gasteiger partial charge in [-0.05, 0) is 36.4 Å². The lowest BCUT2D eigenvalue weighted by Crippen LogP contribution is -2.21.